The third-order valence-corrected chi connectivity index (χ3v) is 20.8. The van der Waals surface area contributed by atoms with Crippen molar-refractivity contribution in [3.8, 4) is 0 Å². The number of fused-ring (bicyclic) bond motifs is 5. The van der Waals surface area contributed by atoms with Gasteiger partial charge in [-0.1, -0.05) is 274 Å². The van der Waals surface area contributed by atoms with Crippen LogP contribution in [0.25, 0.3) is 0 Å². The average molecular weight is 973 g/mol. The Kier molecular flexibility index (Phi) is 32.1. The van der Waals surface area contributed by atoms with Crippen LogP contribution in [0.3, 0.4) is 0 Å². The van der Waals surface area contributed by atoms with E-state index in [0.717, 1.165) is 47.3 Å². The highest BCUT2D eigenvalue weighted by atomic mass is 15.1. The van der Waals surface area contributed by atoms with Crippen LogP contribution in [-0.4, -0.2) is 24.5 Å². The predicted molar refractivity (Wildman–Crippen MR) is 317 cm³/mol. The van der Waals surface area contributed by atoms with E-state index in [2.05, 4.69) is 125 Å². The van der Waals surface area contributed by atoms with Crippen LogP contribution in [0.15, 0.2) is 36.0 Å². The molecule has 1 heterocycles. The van der Waals surface area contributed by atoms with Gasteiger partial charge < -0.3 is 4.90 Å². The summed E-state index contributed by atoms with van der Waals surface area (Å²) in [5, 5.41) is 0. The van der Waals surface area contributed by atoms with Crippen molar-refractivity contribution >= 4 is 0 Å². The Morgan fingerprint density at radius 1 is 0.586 bits per heavy atom. The number of nitrogens with zero attached hydrogens (tertiary/aromatic N) is 1. The first-order valence-electron chi connectivity index (χ1n) is 32.5. The van der Waals surface area contributed by atoms with Crippen LogP contribution >= 0.6 is 0 Å². The molecular weight excluding hydrogens is 843 g/mol. The summed E-state index contributed by atoms with van der Waals surface area (Å²) in [7, 11) is 0. The second-order valence-corrected chi connectivity index (χ2v) is 26.8. The van der Waals surface area contributed by atoms with Crippen molar-refractivity contribution in [3.05, 3.63) is 36.0 Å². The standard InChI is InChI=1S/C32H56.C27H51N.C10H22/c1-8-9-13-25-16-19-30(5)26(22-25)14-15-27-28(30)17-21-32(7)29(27)18-20-31(32,6)24(4)12-10-11-23(2)3;1-4-6-8-9-10-11-12-13-17-21-27(20-7-5-2)25-28-23-18-15-14-16-19-26(3)22-24-28;1-4-6-7-9-10(3)8-5-2/h14,23-25,27-29H,8-13,15-22H2,1-7H3;14-16,19,26-27H,4-13,17-18,20-25H2,1-3H3;10H,4-9H2,1-3H3/b;15-14-,19-16-;/t24-,25?,27?,28?,29?,30?,31-,32?;;/m1../s1. The molecule has 0 spiro atoms. The molecule has 0 radical (unpaired) electrons. The SMILES string of the molecule is CCCCC1CCC2(C)C(=CCC3C2CCC2(C)C3CC[C@]2(C)[C@H](C)CCCC(C)C)C1.CCCCCC(C)CCC.CCCCCCCCCCCC(CCCC)CN1CC/C=C\C=C/C(C)CC1. The van der Waals surface area contributed by atoms with Crippen molar-refractivity contribution in [1.82, 2.24) is 4.90 Å². The Bertz CT molecular complexity index is 1390. The van der Waals surface area contributed by atoms with Gasteiger partial charge in [-0.25, -0.2) is 0 Å². The molecule has 0 N–H and O–H groups in total. The van der Waals surface area contributed by atoms with Gasteiger partial charge in [0, 0.05) is 13.1 Å². The van der Waals surface area contributed by atoms with Gasteiger partial charge in [-0.15, -0.1) is 0 Å². The maximum Gasteiger partial charge on any atom is 0.00161 e. The van der Waals surface area contributed by atoms with Crippen molar-refractivity contribution in [3.63, 3.8) is 0 Å². The highest BCUT2D eigenvalue weighted by Gasteiger charge is 2.63. The molecule has 9 unspecified atom stereocenters. The summed E-state index contributed by atoms with van der Waals surface area (Å²) >= 11 is 0. The Morgan fingerprint density at radius 2 is 1.23 bits per heavy atom. The van der Waals surface area contributed by atoms with Crippen molar-refractivity contribution in [2.45, 2.75) is 315 Å². The number of allylic oxidation sites excluding steroid dienone is 5. The van der Waals surface area contributed by atoms with Crippen LogP contribution in [0.4, 0.5) is 0 Å². The maximum absolute atomic E-state index is 2.80. The highest BCUT2D eigenvalue weighted by Crippen LogP contribution is 2.71. The van der Waals surface area contributed by atoms with E-state index in [1.807, 2.05) is 5.57 Å². The van der Waals surface area contributed by atoms with Crippen molar-refractivity contribution in [2.24, 2.45) is 69.5 Å². The van der Waals surface area contributed by atoms with E-state index < -0.39 is 0 Å². The Labute approximate surface area is 442 Å². The lowest BCUT2D eigenvalue weighted by Crippen LogP contribution is -2.52. The zero-order valence-electron chi connectivity index (χ0n) is 50.4. The molecule has 3 saturated carbocycles. The molecule has 5 aliphatic rings. The molecule has 1 aliphatic heterocycles. The van der Waals surface area contributed by atoms with Crippen LogP contribution in [0.1, 0.15) is 315 Å². The monoisotopic (exact) mass is 972 g/mol. The van der Waals surface area contributed by atoms with Crippen LogP contribution in [0.2, 0.25) is 0 Å². The lowest BCUT2D eigenvalue weighted by molar-refractivity contribution is -0.0868. The third-order valence-electron chi connectivity index (χ3n) is 20.8. The van der Waals surface area contributed by atoms with Crippen molar-refractivity contribution in [2.75, 3.05) is 19.6 Å². The number of rotatable bonds is 29. The molecule has 0 bridgehead atoms. The Morgan fingerprint density at radius 3 is 1.91 bits per heavy atom. The molecule has 0 aromatic carbocycles. The summed E-state index contributed by atoms with van der Waals surface area (Å²) in [6.07, 6.45) is 62.1. The van der Waals surface area contributed by atoms with Gasteiger partial charge in [-0.2, -0.15) is 0 Å². The summed E-state index contributed by atoms with van der Waals surface area (Å²) in [5.41, 5.74) is 3.57. The Hall–Kier alpha value is -0.820. The molecule has 4 aliphatic carbocycles. The second-order valence-electron chi connectivity index (χ2n) is 26.8. The third kappa shape index (κ3) is 21.1. The topological polar surface area (TPSA) is 3.24 Å². The van der Waals surface area contributed by atoms with Gasteiger partial charge in [0.05, 0.1) is 0 Å². The zero-order valence-corrected chi connectivity index (χ0v) is 50.4. The minimum Gasteiger partial charge on any atom is -0.303 e. The van der Waals surface area contributed by atoms with Gasteiger partial charge in [-0.3, -0.25) is 0 Å². The summed E-state index contributed by atoms with van der Waals surface area (Å²) < 4.78 is 0. The van der Waals surface area contributed by atoms with Gasteiger partial charge in [0.2, 0.25) is 0 Å². The summed E-state index contributed by atoms with van der Waals surface area (Å²) in [6.45, 7) is 35.7. The molecule has 3 fully saturated rings. The molecule has 1 nitrogen and oxygen atoms in total. The summed E-state index contributed by atoms with van der Waals surface area (Å²) in [5.74, 6) is 8.25. The minimum atomic E-state index is 0.537. The quantitative estimate of drug-likeness (QED) is 0.0533. The fourth-order valence-corrected chi connectivity index (χ4v) is 15.5. The van der Waals surface area contributed by atoms with Gasteiger partial charge in [0.15, 0.2) is 0 Å². The van der Waals surface area contributed by atoms with Gasteiger partial charge >= 0.3 is 0 Å². The van der Waals surface area contributed by atoms with Crippen LogP contribution in [0, 0.1) is 69.5 Å². The van der Waals surface area contributed by atoms with Gasteiger partial charge in [-0.05, 0) is 153 Å². The number of hydrogen-bond acceptors (Lipinski definition) is 1. The van der Waals surface area contributed by atoms with E-state index in [1.54, 1.807) is 0 Å². The van der Waals surface area contributed by atoms with Crippen LogP contribution < -0.4 is 0 Å². The summed E-state index contributed by atoms with van der Waals surface area (Å²) in [4.78, 5) is 2.77. The maximum atomic E-state index is 2.80. The van der Waals surface area contributed by atoms with E-state index in [9.17, 15) is 0 Å². The number of hydrogen-bond donors (Lipinski definition) is 0. The van der Waals surface area contributed by atoms with Crippen LogP contribution in [-0.2, 0) is 0 Å². The molecule has 410 valence electrons. The highest BCUT2D eigenvalue weighted by molar-refractivity contribution is 5.26. The largest absolute Gasteiger partial charge is 0.303 e. The van der Waals surface area contributed by atoms with Crippen molar-refractivity contribution < 1.29 is 0 Å². The van der Waals surface area contributed by atoms with Gasteiger partial charge in [0.25, 0.3) is 0 Å². The van der Waals surface area contributed by atoms with E-state index >= 15 is 0 Å². The fourth-order valence-electron chi connectivity index (χ4n) is 15.5. The van der Waals surface area contributed by atoms with E-state index in [-0.39, 0.29) is 0 Å². The zero-order chi connectivity index (χ0) is 51.3. The predicted octanol–water partition coefficient (Wildman–Crippen LogP) is 22.8. The molecule has 5 rings (SSSR count). The smallest absolute Gasteiger partial charge is 0.00161 e. The molecule has 1 heteroatoms. The molecule has 0 saturated heterocycles. The molecule has 0 aromatic heterocycles. The lowest BCUT2D eigenvalue weighted by Gasteiger charge is -2.60. The number of unbranched alkanes of at least 4 members (excludes halogenated alkanes) is 12. The molecule has 0 aromatic rings. The first kappa shape index (κ1) is 63.5. The fraction of sp³-hybridized carbons (Fsp3) is 0.913. The minimum absolute atomic E-state index is 0.537. The van der Waals surface area contributed by atoms with E-state index in [1.165, 1.54) is 244 Å². The lowest BCUT2D eigenvalue weighted by atomic mass is 9.44. The normalized spacial score (nSPS) is 31.1. The Balaban J connectivity index is 0.000000313. The van der Waals surface area contributed by atoms with Gasteiger partial charge in [0.1, 0.15) is 0 Å². The van der Waals surface area contributed by atoms with E-state index in [0.29, 0.717) is 22.2 Å². The molecule has 70 heavy (non-hydrogen) atoms. The van der Waals surface area contributed by atoms with Crippen molar-refractivity contribution in [1.29, 1.82) is 0 Å². The summed E-state index contributed by atoms with van der Waals surface area (Å²) in [6, 6.07) is 0. The second kappa shape index (κ2) is 35.4. The van der Waals surface area contributed by atoms with E-state index in [4.69, 9.17) is 0 Å². The first-order valence-corrected chi connectivity index (χ1v) is 32.5. The average Bonchev–Trinajstić information content (AvgIpc) is 3.63. The van der Waals surface area contributed by atoms with Crippen LogP contribution in [0.5, 0.6) is 0 Å². The molecule has 0 amide bonds. The molecular formula is C69H129N. The molecule has 11 atom stereocenters. The first-order chi connectivity index (χ1) is 33.7.